The molecule has 1 fully saturated rings. The summed E-state index contributed by atoms with van der Waals surface area (Å²) in [6, 6.07) is 0. The van der Waals surface area contributed by atoms with Gasteiger partial charge in [0.05, 0.1) is 0 Å². The number of hydrogen-bond acceptors (Lipinski definition) is 2. The van der Waals surface area contributed by atoms with Gasteiger partial charge in [0.1, 0.15) is 6.10 Å². The normalized spacial score (nSPS) is 33.1. The van der Waals surface area contributed by atoms with Gasteiger partial charge in [-0.2, -0.15) is 0 Å². The molecule has 0 unspecified atom stereocenters. The van der Waals surface area contributed by atoms with Crippen molar-refractivity contribution in [3.8, 4) is 0 Å². The first-order valence-corrected chi connectivity index (χ1v) is 5.68. The zero-order valence-corrected chi connectivity index (χ0v) is 9.75. The van der Waals surface area contributed by atoms with Gasteiger partial charge in [0.25, 0.3) is 0 Å². The third kappa shape index (κ3) is 3.00. The molecule has 0 heterocycles. The zero-order valence-electron chi connectivity index (χ0n) is 9.75. The van der Waals surface area contributed by atoms with E-state index in [1.807, 2.05) is 0 Å². The maximum atomic E-state index is 11.0. The predicted molar refractivity (Wildman–Crippen MR) is 56.9 cm³/mol. The molecule has 0 aliphatic heterocycles. The Morgan fingerprint density at radius 3 is 2.50 bits per heavy atom. The van der Waals surface area contributed by atoms with Crippen molar-refractivity contribution < 1.29 is 9.53 Å². The van der Waals surface area contributed by atoms with E-state index in [1.54, 1.807) is 0 Å². The van der Waals surface area contributed by atoms with Gasteiger partial charge in [-0.25, -0.2) is 0 Å². The van der Waals surface area contributed by atoms with Crippen molar-refractivity contribution in [1.82, 2.24) is 0 Å². The standard InChI is InChI=1S/C12H22O2/c1-8(2)11-6-5-9(3)7-12(11)14-10(4)13/h8-9,11-12H,5-7H2,1-4H3/t9-,11-,12+/m0/s1. The van der Waals surface area contributed by atoms with Crippen LogP contribution < -0.4 is 0 Å². The number of hydrogen-bond donors (Lipinski definition) is 0. The number of rotatable bonds is 2. The van der Waals surface area contributed by atoms with Crippen molar-refractivity contribution >= 4 is 5.97 Å². The lowest BCUT2D eigenvalue weighted by Gasteiger charge is -2.36. The molecule has 1 rings (SSSR count). The van der Waals surface area contributed by atoms with Crippen LogP contribution in [0.4, 0.5) is 0 Å². The third-order valence-corrected chi connectivity index (χ3v) is 3.28. The molecule has 0 saturated heterocycles. The Labute approximate surface area is 87.0 Å². The van der Waals surface area contributed by atoms with Crippen LogP contribution in [0.2, 0.25) is 0 Å². The summed E-state index contributed by atoms with van der Waals surface area (Å²) < 4.78 is 5.40. The molecule has 0 radical (unpaired) electrons. The summed E-state index contributed by atoms with van der Waals surface area (Å²) in [5.74, 6) is 1.76. The topological polar surface area (TPSA) is 26.3 Å². The SMILES string of the molecule is CC(=O)O[C@@H]1C[C@@H](C)CC[C@H]1C(C)C. The lowest BCUT2D eigenvalue weighted by molar-refractivity contribution is -0.153. The van der Waals surface area contributed by atoms with Crippen molar-refractivity contribution in [1.29, 1.82) is 0 Å². The van der Waals surface area contributed by atoms with E-state index in [4.69, 9.17) is 4.74 Å². The van der Waals surface area contributed by atoms with E-state index < -0.39 is 0 Å². The van der Waals surface area contributed by atoms with Crippen LogP contribution in [0.15, 0.2) is 0 Å². The molecule has 3 atom stereocenters. The maximum Gasteiger partial charge on any atom is 0.302 e. The highest BCUT2D eigenvalue weighted by Crippen LogP contribution is 2.35. The average Bonchev–Trinajstić information content (AvgIpc) is 2.01. The molecular weight excluding hydrogens is 176 g/mol. The molecule has 0 bridgehead atoms. The van der Waals surface area contributed by atoms with Crippen molar-refractivity contribution in [3.63, 3.8) is 0 Å². The monoisotopic (exact) mass is 198 g/mol. The van der Waals surface area contributed by atoms with Gasteiger partial charge in [-0.1, -0.05) is 27.2 Å². The van der Waals surface area contributed by atoms with Crippen molar-refractivity contribution in [2.45, 2.75) is 53.1 Å². The number of esters is 1. The fourth-order valence-electron chi connectivity index (χ4n) is 2.46. The van der Waals surface area contributed by atoms with Gasteiger partial charge in [0.2, 0.25) is 0 Å². The second-order valence-corrected chi connectivity index (χ2v) is 4.97. The molecule has 2 heteroatoms. The lowest BCUT2D eigenvalue weighted by atomic mass is 9.75. The van der Waals surface area contributed by atoms with Crippen molar-refractivity contribution in [2.24, 2.45) is 17.8 Å². The van der Waals surface area contributed by atoms with Crippen molar-refractivity contribution in [2.75, 3.05) is 0 Å². The summed E-state index contributed by atoms with van der Waals surface area (Å²) in [5, 5.41) is 0. The molecule has 82 valence electrons. The van der Waals surface area contributed by atoms with E-state index in [1.165, 1.54) is 19.8 Å². The van der Waals surface area contributed by atoms with Crippen LogP contribution in [0.1, 0.15) is 47.0 Å². The average molecular weight is 198 g/mol. The molecule has 0 amide bonds. The molecule has 0 spiro atoms. The molecule has 2 nitrogen and oxygen atoms in total. The van der Waals surface area contributed by atoms with Gasteiger partial charge < -0.3 is 4.74 Å². The van der Waals surface area contributed by atoms with E-state index in [9.17, 15) is 4.79 Å². The van der Waals surface area contributed by atoms with Crippen LogP contribution in [-0.4, -0.2) is 12.1 Å². The van der Waals surface area contributed by atoms with Crippen LogP contribution in [0.5, 0.6) is 0 Å². The second-order valence-electron chi connectivity index (χ2n) is 4.97. The van der Waals surface area contributed by atoms with Gasteiger partial charge in [0, 0.05) is 6.92 Å². The van der Waals surface area contributed by atoms with Crippen molar-refractivity contribution in [3.05, 3.63) is 0 Å². The fraction of sp³-hybridized carbons (Fsp3) is 0.917. The Balaban J connectivity index is 2.58. The van der Waals surface area contributed by atoms with Gasteiger partial charge in [-0.3, -0.25) is 4.79 Å². The minimum atomic E-state index is -0.130. The maximum absolute atomic E-state index is 11.0. The minimum absolute atomic E-state index is 0.130. The largest absolute Gasteiger partial charge is 0.462 e. The Kier molecular flexibility index (Phi) is 3.97. The summed E-state index contributed by atoms with van der Waals surface area (Å²) in [4.78, 5) is 11.0. The summed E-state index contributed by atoms with van der Waals surface area (Å²) >= 11 is 0. The summed E-state index contributed by atoms with van der Waals surface area (Å²) in [7, 11) is 0. The van der Waals surface area contributed by atoms with Crippen LogP contribution in [-0.2, 0) is 9.53 Å². The van der Waals surface area contributed by atoms with Crippen LogP contribution in [0.3, 0.4) is 0 Å². The molecule has 0 N–H and O–H groups in total. The predicted octanol–water partition coefficient (Wildman–Crippen LogP) is 3.01. The molecule has 0 aromatic heterocycles. The lowest BCUT2D eigenvalue weighted by Crippen LogP contribution is -2.35. The first kappa shape index (κ1) is 11.5. The highest BCUT2D eigenvalue weighted by Gasteiger charge is 2.32. The van der Waals surface area contributed by atoms with Gasteiger partial charge in [-0.15, -0.1) is 0 Å². The molecule has 0 aromatic rings. The molecular formula is C12H22O2. The quantitative estimate of drug-likeness (QED) is 0.637. The van der Waals surface area contributed by atoms with Gasteiger partial charge in [0.15, 0.2) is 0 Å². The highest BCUT2D eigenvalue weighted by atomic mass is 16.5. The molecule has 1 aliphatic rings. The van der Waals surface area contributed by atoms with Crippen LogP contribution in [0, 0.1) is 17.8 Å². The summed E-state index contributed by atoms with van der Waals surface area (Å²) in [6.45, 7) is 8.19. The third-order valence-electron chi connectivity index (χ3n) is 3.28. The van der Waals surface area contributed by atoms with E-state index in [0.717, 1.165) is 6.42 Å². The number of carbonyl (C=O) groups excluding carboxylic acids is 1. The Morgan fingerprint density at radius 1 is 1.36 bits per heavy atom. The van der Waals surface area contributed by atoms with E-state index in [0.29, 0.717) is 17.8 Å². The second kappa shape index (κ2) is 4.81. The van der Waals surface area contributed by atoms with Crippen LogP contribution in [0.25, 0.3) is 0 Å². The van der Waals surface area contributed by atoms with Gasteiger partial charge in [-0.05, 0) is 30.6 Å². The van der Waals surface area contributed by atoms with E-state index >= 15 is 0 Å². The fourth-order valence-corrected chi connectivity index (χ4v) is 2.46. The Morgan fingerprint density at radius 2 is 2.00 bits per heavy atom. The minimum Gasteiger partial charge on any atom is -0.462 e. The highest BCUT2D eigenvalue weighted by molar-refractivity contribution is 5.66. The summed E-state index contributed by atoms with van der Waals surface area (Å²) in [6.07, 6.45) is 3.69. The first-order chi connectivity index (χ1) is 6.50. The molecule has 0 aromatic carbocycles. The van der Waals surface area contributed by atoms with Gasteiger partial charge >= 0.3 is 5.97 Å². The van der Waals surface area contributed by atoms with E-state index in [2.05, 4.69) is 20.8 Å². The molecule has 14 heavy (non-hydrogen) atoms. The Bertz CT molecular complexity index is 198. The van der Waals surface area contributed by atoms with E-state index in [-0.39, 0.29) is 12.1 Å². The molecule has 1 saturated carbocycles. The Hall–Kier alpha value is -0.530. The zero-order chi connectivity index (χ0) is 10.7. The molecule has 1 aliphatic carbocycles. The number of carbonyl (C=O) groups is 1. The smallest absolute Gasteiger partial charge is 0.302 e. The first-order valence-electron chi connectivity index (χ1n) is 5.68. The summed E-state index contributed by atoms with van der Waals surface area (Å²) in [5.41, 5.74) is 0. The van der Waals surface area contributed by atoms with Crippen LogP contribution >= 0.6 is 0 Å². The number of ether oxygens (including phenoxy) is 1.